The van der Waals surface area contributed by atoms with Gasteiger partial charge < -0.3 is 33.2 Å². The standard InChI is InChI=1S/C37H38O10/c1-4-35(38)44-23-6-21-42-31-13-8-29(9-14-31)12-19-37(40)47-33-17-18-34(28(3)26-33)46-27-41-25-20-30-10-15-32(16-11-30)43-22-7-24-45-36(39)5-2/h4-5,8-20,25-26H,1-2,6-7,21-24,27H2,3H3. The Bertz CT molecular complexity index is 1520. The maximum absolute atomic E-state index is 12.3. The molecule has 0 fully saturated rings. The zero-order valence-corrected chi connectivity index (χ0v) is 26.3. The molecule has 0 amide bonds. The van der Waals surface area contributed by atoms with E-state index in [0.717, 1.165) is 28.8 Å². The number of ether oxygens (including phenoxy) is 7. The Balaban J connectivity index is 1.33. The monoisotopic (exact) mass is 642 g/mol. The summed E-state index contributed by atoms with van der Waals surface area (Å²) in [7, 11) is 0. The summed E-state index contributed by atoms with van der Waals surface area (Å²) in [5, 5.41) is 0. The first-order valence-corrected chi connectivity index (χ1v) is 14.8. The molecule has 0 N–H and O–H groups in total. The second-order valence-corrected chi connectivity index (χ2v) is 9.70. The average Bonchev–Trinajstić information content (AvgIpc) is 3.08. The van der Waals surface area contributed by atoms with E-state index in [9.17, 15) is 14.4 Å². The fourth-order valence-electron chi connectivity index (χ4n) is 3.74. The van der Waals surface area contributed by atoms with Crippen molar-refractivity contribution in [3.8, 4) is 23.0 Å². The highest BCUT2D eigenvalue weighted by atomic mass is 16.7. The molecule has 0 aromatic heterocycles. The quantitative estimate of drug-likeness (QED) is 0.0332. The molecule has 3 rings (SSSR count). The highest BCUT2D eigenvalue weighted by Crippen LogP contribution is 2.24. The van der Waals surface area contributed by atoms with E-state index in [4.69, 9.17) is 33.2 Å². The summed E-state index contributed by atoms with van der Waals surface area (Å²) in [6.07, 6.45) is 9.70. The summed E-state index contributed by atoms with van der Waals surface area (Å²) in [6, 6.07) is 19.7. The SMILES string of the molecule is C=CC(=O)OCCCOc1ccc(C=COCOc2ccc(OC(=O)C=Cc3ccc(OCCCOC(=O)C=C)cc3)cc2C)cc1. The molecule has 3 aromatic carbocycles. The van der Waals surface area contributed by atoms with Crippen LogP contribution in [0.25, 0.3) is 12.2 Å². The first-order valence-electron chi connectivity index (χ1n) is 14.8. The lowest BCUT2D eigenvalue weighted by Crippen LogP contribution is -2.06. The van der Waals surface area contributed by atoms with Crippen molar-refractivity contribution in [3.05, 3.63) is 121 Å². The van der Waals surface area contributed by atoms with Gasteiger partial charge in [0.1, 0.15) is 23.0 Å². The van der Waals surface area contributed by atoms with Gasteiger partial charge in [0.2, 0.25) is 6.79 Å². The second kappa shape index (κ2) is 20.3. The third kappa shape index (κ3) is 14.3. The van der Waals surface area contributed by atoms with Gasteiger partial charge in [0, 0.05) is 31.1 Å². The van der Waals surface area contributed by atoms with Crippen LogP contribution in [0.3, 0.4) is 0 Å². The summed E-state index contributed by atoms with van der Waals surface area (Å²) in [4.78, 5) is 34.4. The van der Waals surface area contributed by atoms with Gasteiger partial charge in [-0.15, -0.1) is 0 Å². The molecule has 0 atom stereocenters. The molecule has 0 unspecified atom stereocenters. The first kappa shape index (κ1) is 35.7. The topological polar surface area (TPSA) is 116 Å². The van der Waals surface area contributed by atoms with Gasteiger partial charge >= 0.3 is 17.9 Å². The van der Waals surface area contributed by atoms with Crippen LogP contribution in [0.5, 0.6) is 23.0 Å². The number of esters is 3. The molecule has 0 aliphatic heterocycles. The normalized spacial score (nSPS) is 10.7. The van der Waals surface area contributed by atoms with Crippen molar-refractivity contribution in [1.82, 2.24) is 0 Å². The predicted octanol–water partition coefficient (Wildman–Crippen LogP) is 6.63. The minimum Gasteiger partial charge on any atom is -0.493 e. The minimum absolute atomic E-state index is 0.00811. The first-order chi connectivity index (χ1) is 22.9. The zero-order chi connectivity index (χ0) is 33.7. The van der Waals surface area contributed by atoms with Crippen molar-refractivity contribution in [2.45, 2.75) is 19.8 Å². The van der Waals surface area contributed by atoms with Crippen LogP contribution < -0.4 is 18.9 Å². The van der Waals surface area contributed by atoms with Gasteiger partial charge in [-0.2, -0.15) is 0 Å². The third-order valence-electron chi connectivity index (χ3n) is 6.11. The molecule has 0 aliphatic carbocycles. The van der Waals surface area contributed by atoms with Crippen molar-refractivity contribution in [2.75, 3.05) is 33.2 Å². The highest BCUT2D eigenvalue weighted by molar-refractivity contribution is 5.88. The van der Waals surface area contributed by atoms with Crippen LogP contribution >= 0.6 is 0 Å². The molecule has 0 spiro atoms. The summed E-state index contributed by atoms with van der Waals surface area (Å²) in [5.41, 5.74) is 2.49. The number of rotatable bonds is 20. The molecule has 47 heavy (non-hydrogen) atoms. The lowest BCUT2D eigenvalue weighted by Gasteiger charge is -2.10. The Labute approximate surface area is 274 Å². The van der Waals surface area contributed by atoms with Crippen LogP contribution in [0, 0.1) is 6.92 Å². The molecular formula is C37H38O10. The fourth-order valence-corrected chi connectivity index (χ4v) is 3.74. The van der Waals surface area contributed by atoms with Crippen LogP contribution in [0.15, 0.2) is 104 Å². The van der Waals surface area contributed by atoms with Crippen LogP contribution in [0.1, 0.15) is 29.5 Å². The summed E-state index contributed by atoms with van der Waals surface area (Å²) in [6.45, 7) is 9.87. The Morgan fingerprint density at radius 3 is 1.70 bits per heavy atom. The van der Waals surface area contributed by atoms with Crippen molar-refractivity contribution >= 4 is 30.1 Å². The molecule has 0 bridgehead atoms. The zero-order valence-electron chi connectivity index (χ0n) is 26.3. The van der Waals surface area contributed by atoms with Gasteiger partial charge in [-0.3, -0.25) is 0 Å². The molecule has 246 valence electrons. The molecule has 0 radical (unpaired) electrons. The van der Waals surface area contributed by atoms with Crippen LogP contribution in [0.4, 0.5) is 0 Å². The van der Waals surface area contributed by atoms with Crippen molar-refractivity contribution in [3.63, 3.8) is 0 Å². The summed E-state index contributed by atoms with van der Waals surface area (Å²) >= 11 is 0. The van der Waals surface area contributed by atoms with E-state index in [-0.39, 0.29) is 20.0 Å². The van der Waals surface area contributed by atoms with Crippen LogP contribution in [-0.2, 0) is 28.6 Å². The summed E-state index contributed by atoms with van der Waals surface area (Å²) in [5.74, 6) is 0.921. The van der Waals surface area contributed by atoms with Crippen LogP contribution in [0.2, 0.25) is 0 Å². The summed E-state index contributed by atoms with van der Waals surface area (Å²) < 4.78 is 37.6. The number of hydrogen-bond acceptors (Lipinski definition) is 10. The van der Waals surface area contributed by atoms with Gasteiger partial charge in [-0.05, 0) is 78.2 Å². The molecule has 3 aromatic rings. The molecule has 10 heteroatoms. The number of aryl methyl sites for hydroxylation is 1. The van der Waals surface area contributed by atoms with Gasteiger partial charge in [-0.1, -0.05) is 37.4 Å². The average molecular weight is 643 g/mol. The Morgan fingerprint density at radius 2 is 1.17 bits per heavy atom. The number of carbonyl (C=O) groups is 3. The van der Waals surface area contributed by atoms with Gasteiger partial charge in [-0.25, -0.2) is 14.4 Å². The smallest absolute Gasteiger partial charge is 0.336 e. The van der Waals surface area contributed by atoms with E-state index in [1.54, 1.807) is 42.5 Å². The molecule has 0 saturated carbocycles. The minimum atomic E-state index is -0.521. The Kier molecular flexibility index (Phi) is 15.4. The van der Waals surface area contributed by atoms with E-state index >= 15 is 0 Å². The molecule has 0 heterocycles. The van der Waals surface area contributed by atoms with Crippen LogP contribution in [-0.4, -0.2) is 51.1 Å². The van der Waals surface area contributed by atoms with Gasteiger partial charge in [0.25, 0.3) is 0 Å². The Hall–Kier alpha value is -5.77. The maximum atomic E-state index is 12.3. The van der Waals surface area contributed by atoms with Gasteiger partial charge in [0.05, 0.1) is 32.7 Å². The van der Waals surface area contributed by atoms with Crippen molar-refractivity contribution < 1.29 is 47.5 Å². The molecule has 10 nitrogen and oxygen atoms in total. The second-order valence-electron chi connectivity index (χ2n) is 9.70. The fraction of sp³-hybridized carbons (Fsp3) is 0.216. The number of carbonyl (C=O) groups excluding carboxylic acids is 3. The van der Waals surface area contributed by atoms with E-state index in [0.29, 0.717) is 49.1 Å². The van der Waals surface area contributed by atoms with E-state index in [2.05, 4.69) is 13.2 Å². The van der Waals surface area contributed by atoms with Gasteiger partial charge in [0.15, 0.2) is 0 Å². The van der Waals surface area contributed by atoms with E-state index in [1.165, 1.54) is 12.3 Å². The maximum Gasteiger partial charge on any atom is 0.336 e. The van der Waals surface area contributed by atoms with Crippen molar-refractivity contribution in [1.29, 1.82) is 0 Å². The third-order valence-corrected chi connectivity index (χ3v) is 6.11. The highest BCUT2D eigenvalue weighted by Gasteiger charge is 2.06. The molecule has 0 saturated heterocycles. The molecular weight excluding hydrogens is 604 g/mol. The number of benzene rings is 3. The van der Waals surface area contributed by atoms with E-state index in [1.807, 2.05) is 43.3 Å². The Morgan fingerprint density at radius 1 is 0.638 bits per heavy atom. The largest absolute Gasteiger partial charge is 0.493 e. The number of hydrogen-bond donors (Lipinski definition) is 0. The predicted molar refractivity (Wildman–Crippen MR) is 177 cm³/mol. The van der Waals surface area contributed by atoms with E-state index < -0.39 is 17.9 Å². The van der Waals surface area contributed by atoms with Crippen molar-refractivity contribution in [2.24, 2.45) is 0 Å². The molecule has 0 aliphatic rings. The lowest BCUT2D eigenvalue weighted by molar-refractivity contribution is -0.138. The lowest BCUT2D eigenvalue weighted by atomic mass is 10.2.